The smallest absolute Gasteiger partial charge is 0.0767 e. The van der Waals surface area contributed by atoms with Gasteiger partial charge in [0.05, 0.1) is 11.6 Å². The first-order valence-corrected chi connectivity index (χ1v) is 5.65. The molecule has 1 aliphatic rings. The third-order valence-corrected chi connectivity index (χ3v) is 3.80. The van der Waals surface area contributed by atoms with Gasteiger partial charge in [-0.25, -0.2) is 0 Å². The molecule has 0 amide bonds. The fourth-order valence-electron chi connectivity index (χ4n) is 2.67. The average Bonchev–Trinajstić information content (AvgIpc) is 2.27. The van der Waals surface area contributed by atoms with Gasteiger partial charge in [0.25, 0.3) is 0 Å². The Morgan fingerprint density at radius 1 is 1.50 bits per heavy atom. The van der Waals surface area contributed by atoms with Crippen LogP contribution in [-0.4, -0.2) is 43.8 Å². The van der Waals surface area contributed by atoms with Crippen LogP contribution >= 0.6 is 0 Å². The van der Waals surface area contributed by atoms with Crippen LogP contribution in [-0.2, 0) is 4.74 Å². The van der Waals surface area contributed by atoms with Crippen LogP contribution < -0.4 is 5.73 Å². The molecule has 2 N–H and O–H groups in total. The van der Waals surface area contributed by atoms with Crippen molar-refractivity contribution in [1.29, 1.82) is 0 Å². The highest BCUT2D eigenvalue weighted by molar-refractivity contribution is 4.99. The second-order valence-electron chi connectivity index (χ2n) is 4.29. The maximum atomic E-state index is 5.96. The zero-order chi connectivity index (χ0) is 10.6. The molecule has 3 heteroatoms. The van der Waals surface area contributed by atoms with Gasteiger partial charge in [-0.2, -0.15) is 0 Å². The maximum Gasteiger partial charge on any atom is 0.0767 e. The highest BCUT2D eigenvalue weighted by Gasteiger charge is 2.42. The number of rotatable bonds is 4. The minimum Gasteiger partial charge on any atom is -0.379 e. The van der Waals surface area contributed by atoms with Gasteiger partial charge in [0, 0.05) is 13.7 Å². The Morgan fingerprint density at radius 3 is 2.71 bits per heavy atom. The van der Waals surface area contributed by atoms with E-state index in [0.29, 0.717) is 12.6 Å². The Balaban J connectivity index is 2.81. The standard InChI is InChI=1S/C11H24N2O/c1-4-13(2)11(9-12)8-6-5-7-10(11)14-3/h10H,4-9,12H2,1-3H3. The monoisotopic (exact) mass is 200 g/mol. The van der Waals surface area contributed by atoms with Crippen LogP contribution in [0.4, 0.5) is 0 Å². The summed E-state index contributed by atoms with van der Waals surface area (Å²) in [6.45, 7) is 3.92. The molecular weight excluding hydrogens is 176 g/mol. The van der Waals surface area contributed by atoms with Crippen LogP contribution in [0.1, 0.15) is 32.6 Å². The zero-order valence-electron chi connectivity index (χ0n) is 9.75. The SMILES string of the molecule is CCN(C)C1(CN)CCCCC1OC. The van der Waals surface area contributed by atoms with E-state index in [1.807, 2.05) is 7.11 Å². The number of ether oxygens (including phenoxy) is 1. The molecule has 3 nitrogen and oxygen atoms in total. The molecule has 0 aromatic carbocycles. The molecule has 2 unspecified atom stereocenters. The first-order valence-electron chi connectivity index (χ1n) is 5.65. The third-order valence-electron chi connectivity index (χ3n) is 3.80. The largest absolute Gasteiger partial charge is 0.379 e. The first kappa shape index (κ1) is 12.0. The molecule has 0 saturated heterocycles. The quantitative estimate of drug-likeness (QED) is 0.741. The van der Waals surface area contributed by atoms with Gasteiger partial charge in [-0.05, 0) is 26.4 Å². The van der Waals surface area contributed by atoms with Crippen molar-refractivity contribution in [1.82, 2.24) is 4.90 Å². The molecule has 1 rings (SSSR count). The fourth-order valence-corrected chi connectivity index (χ4v) is 2.67. The van der Waals surface area contributed by atoms with Crippen molar-refractivity contribution in [3.8, 4) is 0 Å². The Morgan fingerprint density at radius 2 is 2.21 bits per heavy atom. The van der Waals surface area contributed by atoms with Crippen LogP contribution in [0.5, 0.6) is 0 Å². The molecule has 0 aromatic rings. The van der Waals surface area contributed by atoms with Crippen molar-refractivity contribution >= 4 is 0 Å². The lowest BCUT2D eigenvalue weighted by atomic mass is 9.78. The summed E-state index contributed by atoms with van der Waals surface area (Å²) in [6, 6.07) is 0. The summed E-state index contributed by atoms with van der Waals surface area (Å²) in [5.41, 5.74) is 6.04. The van der Waals surface area contributed by atoms with E-state index in [4.69, 9.17) is 10.5 Å². The lowest BCUT2D eigenvalue weighted by molar-refractivity contribution is -0.0638. The lowest BCUT2D eigenvalue weighted by Gasteiger charge is -2.48. The van der Waals surface area contributed by atoms with E-state index in [1.165, 1.54) is 19.3 Å². The second kappa shape index (κ2) is 5.10. The number of nitrogens with two attached hydrogens (primary N) is 1. The van der Waals surface area contributed by atoms with E-state index in [-0.39, 0.29) is 5.54 Å². The fraction of sp³-hybridized carbons (Fsp3) is 1.00. The van der Waals surface area contributed by atoms with Crippen LogP contribution in [0, 0.1) is 0 Å². The number of hydrogen-bond donors (Lipinski definition) is 1. The topological polar surface area (TPSA) is 38.5 Å². The van der Waals surface area contributed by atoms with Crippen LogP contribution in [0.2, 0.25) is 0 Å². The molecule has 0 aromatic heterocycles. The van der Waals surface area contributed by atoms with Gasteiger partial charge in [-0.1, -0.05) is 19.8 Å². The van der Waals surface area contributed by atoms with E-state index in [1.54, 1.807) is 0 Å². The van der Waals surface area contributed by atoms with Gasteiger partial charge < -0.3 is 10.5 Å². The van der Waals surface area contributed by atoms with E-state index in [0.717, 1.165) is 13.0 Å². The second-order valence-corrected chi connectivity index (χ2v) is 4.29. The Kier molecular flexibility index (Phi) is 4.35. The summed E-state index contributed by atoms with van der Waals surface area (Å²) in [5.74, 6) is 0. The Hall–Kier alpha value is -0.120. The highest BCUT2D eigenvalue weighted by Crippen LogP contribution is 2.34. The molecule has 0 aliphatic heterocycles. The van der Waals surface area contributed by atoms with Crippen LogP contribution in [0.15, 0.2) is 0 Å². The molecule has 0 heterocycles. The number of methoxy groups -OCH3 is 1. The molecule has 2 atom stereocenters. The highest BCUT2D eigenvalue weighted by atomic mass is 16.5. The summed E-state index contributed by atoms with van der Waals surface area (Å²) in [5, 5.41) is 0. The van der Waals surface area contributed by atoms with E-state index < -0.39 is 0 Å². The summed E-state index contributed by atoms with van der Waals surface area (Å²) in [6.07, 6.45) is 5.19. The van der Waals surface area contributed by atoms with Crippen molar-refractivity contribution in [2.45, 2.75) is 44.2 Å². The Labute approximate surface area is 87.6 Å². The predicted octanol–water partition coefficient (Wildman–Crippen LogP) is 1.22. The zero-order valence-corrected chi connectivity index (χ0v) is 9.75. The number of hydrogen-bond acceptors (Lipinski definition) is 3. The number of likely N-dealkylation sites (N-methyl/N-ethyl adjacent to an activating group) is 1. The van der Waals surface area contributed by atoms with E-state index in [2.05, 4.69) is 18.9 Å². The molecule has 1 aliphatic carbocycles. The molecule has 0 spiro atoms. The molecular formula is C11H24N2O. The van der Waals surface area contributed by atoms with Crippen molar-refractivity contribution in [3.05, 3.63) is 0 Å². The van der Waals surface area contributed by atoms with Gasteiger partial charge >= 0.3 is 0 Å². The third kappa shape index (κ3) is 1.95. The van der Waals surface area contributed by atoms with Gasteiger partial charge in [0.15, 0.2) is 0 Å². The molecule has 1 fully saturated rings. The van der Waals surface area contributed by atoms with Crippen molar-refractivity contribution < 1.29 is 4.74 Å². The number of nitrogens with zero attached hydrogens (tertiary/aromatic N) is 1. The summed E-state index contributed by atoms with van der Waals surface area (Å²) >= 11 is 0. The van der Waals surface area contributed by atoms with Gasteiger partial charge in [-0.15, -0.1) is 0 Å². The maximum absolute atomic E-state index is 5.96. The molecule has 0 radical (unpaired) electrons. The van der Waals surface area contributed by atoms with Crippen molar-refractivity contribution in [2.75, 3.05) is 27.2 Å². The average molecular weight is 200 g/mol. The normalized spacial score (nSPS) is 33.6. The van der Waals surface area contributed by atoms with Crippen LogP contribution in [0.3, 0.4) is 0 Å². The van der Waals surface area contributed by atoms with E-state index >= 15 is 0 Å². The minimum absolute atomic E-state index is 0.0851. The van der Waals surface area contributed by atoms with Crippen molar-refractivity contribution in [2.24, 2.45) is 5.73 Å². The lowest BCUT2D eigenvalue weighted by Crippen LogP contribution is -2.61. The minimum atomic E-state index is 0.0851. The first-order chi connectivity index (χ1) is 6.71. The predicted molar refractivity (Wildman–Crippen MR) is 59.4 cm³/mol. The van der Waals surface area contributed by atoms with Crippen LogP contribution in [0.25, 0.3) is 0 Å². The van der Waals surface area contributed by atoms with Gasteiger partial charge in [0.2, 0.25) is 0 Å². The molecule has 0 bridgehead atoms. The molecule has 14 heavy (non-hydrogen) atoms. The summed E-state index contributed by atoms with van der Waals surface area (Å²) in [4.78, 5) is 2.36. The Bertz CT molecular complexity index is 175. The molecule has 1 saturated carbocycles. The van der Waals surface area contributed by atoms with Gasteiger partial charge in [-0.3, -0.25) is 4.90 Å². The van der Waals surface area contributed by atoms with E-state index in [9.17, 15) is 0 Å². The summed E-state index contributed by atoms with van der Waals surface area (Å²) < 4.78 is 5.60. The summed E-state index contributed by atoms with van der Waals surface area (Å²) in [7, 11) is 3.97. The van der Waals surface area contributed by atoms with Crippen molar-refractivity contribution in [3.63, 3.8) is 0 Å². The van der Waals surface area contributed by atoms with Gasteiger partial charge in [0.1, 0.15) is 0 Å². The molecule has 84 valence electrons.